The number of piperazine rings is 1. The zero-order valence-electron chi connectivity index (χ0n) is 17.4. The van der Waals surface area contributed by atoms with Crippen LogP contribution in [-0.2, 0) is 6.61 Å². The number of nitrogens with two attached hydrogens (primary N) is 2. The number of nitrogen functional groups attached to an aromatic ring is 2. The van der Waals surface area contributed by atoms with E-state index in [1.54, 1.807) is 12.3 Å². The lowest BCUT2D eigenvalue weighted by molar-refractivity contribution is 0.295. The summed E-state index contributed by atoms with van der Waals surface area (Å²) in [6, 6.07) is 12.1. The van der Waals surface area contributed by atoms with Gasteiger partial charge < -0.3 is 26.0 Å². The van der Waals surface area contributed by atoms with Gasteiger partial charge >= 0.3 is 0 Å². The molecule has 156 valence electrons. The first-order valence-electron chi connectivity index (χ1n) is 10.0. The van der Waals surface area contributed by atoms with Gasteiger partial charge in [-0.15, -0.1) is 0 Å². The molecular weight excluding hydrogens is 378 g/mol. The number of hydrogen-bond donors (Lipinski definition) is 2. The summed E-state index contributed by atoms with van der Waals surface area (Å²) in [5.41, 5.74) is 16.4. The van der Waals surface area contributed by atoms with Crippen LogP contribution in [0.15, 0.2) is 42.6 Å². The quantitative estimate of drug-likeness (QED) is 0.666. The van der Waals surface area contributed by atoms with Crippen LogP contribution >= 0.6 is 0 Å². The van der Waals surface area contributed by atoms with Gasteiger partial charge in [0.25, 0.3) is 5.88 Å². The first-order chi connectivity index (χ1) is 14.5. The maximum Gasteiger partial charge on any atom is 0.258 e. The van der Waals surface area contributed by atoms with E-state index in [2.05, 4.69) is 56.1 Å². The first-order valence-corrected chi connectivity index (χ1v) is 10.0. The van der Waals surface area contributed by atoms with Crippen LogP contribution in [-0.4, -0.2) is 53.1 Å². The van der Waals surface area contributed by atoms with Crippen molar-refractivity contribution in [3.05, 3.63) is 53.9 Å². The predicted molar refractivity (Wildman–Crippen MR) is 119 cm³/mol. The van der Waals surface area contributed by atoms with Crippen molar-refractivity contribution < 1.29 is 4.74 Å². The zero-order chi connectivity index (χ0) is 21.1. The van der Waals surface area contributed by atoms with Crippen LogP contribution in [0, 0.1) is 6.92 Å². The van der Waals surface area contributed by atoms with Crippen LogP contribution in [0.3, 0.4) is 0 Å². The number of likely N-dealkylation sites (N-methyl/N-ethyl adjacent to an activating group) is 1. The highest BCUT2D eigenvalue weighted by Crippen LogP contribution is 2.26. The average Bonchev–Trinajstić information content (AvgIpc) is 2.73. The molecular formula is C22H27N7O. The summed E-state index contributed by atoms with van der Waals surface area (Å²) in [5, 5.41) is 0. The Morgan fingerprint density at radius 1 is 1.00 bits per heavy atom. The standard InChI is InChI=1S/C22H27N7O/c1-15-11-16(12-20(23)26-15)14-30-22-21(24)25-13-19(27-22)17-3-5-18(6-4-17)29-9-7-28(2)8-10-29/h3-6,11-13H,7-10,14H2,1-2H3,(H2,23,26)(H2,24,25). The number of nitrogens with zero attached hydrogens (tertiary/aromatic N) is 5. The molecule has 2 aromatic heterocycles. The highest BCUT2D eigenvalue weighted by Gasteiger charge is 2.15. The second-order valence-corrected chi connectivity index (χ2v) is 7.61. The fourth-order valence-corrected chi connectivity index (χ4v) is 3.54. The minimum Gasteiger partial charge on any atom is -0.470 e. The molecule has 0 unspecified atom stereocenters. The number of aryl methyl sites for hydroxylation is 1. The summed E-state index contributed by atoms with van der Waals surface area (Å²) < 4.78 is 5.83. The Balaban J connectivity index is 1.48. The van der Waals surface area contributed by atoms with Crippen LogP contribution < -0.4 is 21.1 Å². The van der Waals surface area contributed by atoms with E-state index in [1.807, 2.05) is 13.0 Å². The van der Waals surface area contributed by atoms with Crippen LogP contribution in [0.1, 0.15) is 11.3 Å². The van der Waals surface area contributed by atoms with Crippen molar-refractivity contribution in [3.63, 3.8) is 0 Å². The molecule has 1 aliphatic rings. The molecule has 4 rings (SSSR count). The fourth-order valence-electron chi connectivity index (χ4n) is 3.54. The van der Waals surface area contributed by atoms with E-state index in [1.165, 1.54) is 5.69 Å². The summed E-state index contributed by atoms with van der Waals surface area (Å²) in [7, 11) is 2.16. The molecule has 8 nitrogen and oxygen atoms in total. The SMILES string of the molecule is Cc1cc(COc2nc(-c3ccc(N4CCN(C)CC4)cc3)cnc2N)cc(N)n1. The molecule has 1 fully saturated rings. The lowest BCUT2D eigenvalue weighted by atomic mass is 10.1. The van der Waals surface area contributed by atoms with E-state index in [0.717, 1.165) is 48.7 Å². The largest absolute Gasteiger partial charge is 0.470 e. The van der Waals surface area contributed by atoms with Gasteiger partial charge in [-0.3, -0.25) is 0 Å². The normalized spacial score (nSPS) is 14.7. The van der Waals surface area contributed by atoms with Crippen LogP contribution in [0.25, 0.3) is 11.3 Å². The summed E-state index contributed by atoms with van der Waals surface area (Å²) in [4.78, 5) is 17.8. The van der Waals surface area contributed by atoms with E-state index < -0.39 is 0 Å². The summed E-state index contributed by atoms with van der Waals surface area (Å²) in [6.07, 6.45) is 1.67. The molecule has 1 aromatic carbocycles. The molecule has 4 N–H and O–H groups in total. The molecule has 1 saturated heterocycles. The maximum absolute atomic E-state index is 5.98. The Labute approximate surface area is 176 Å². The van der Waals surface area contributed by atoms with E-state index >= 15 is 0 Å². The monoisotopic (exact) mass is 405 g/mol. The Morgan fingerprint density at radius 2 is 1.73 bits per heavy atom. The first kappa shape index (κ1) is 19.9. The number of pyridine rings is 1. The van der Waals surface area contributed by atoms with Gasteiger partial charge in [-0.25, -0.2) is 15.0 Å². The number of anilines is 3. The number of rotatable bonds is 5. The van der Waals surface area contributed by atoms with Gasteiger partial charge in [0.05, 0.1) is 11.9 Å². The molecule has 3 heterocycles. The van der Waals surface area contributed by atoms with Crippen LogP contribution in [0.4, 0.5) is 17.3 Å². The highest BCUT2D eigenvalue weighted by molar-refractivity contribution is 5.64. The minimum atomic E-state index is 0.256. The molecule has 1 aliphatic heterocycles. The minimum absolute atomic E-state index is 0.256. The Kier molecular flexibility index (Phi) is 5.67. The Morgan fingerprint density at radius 3 is 2.43 bits per heavy atom. The topological polar surface area (TPSA) is 106 Å². The average molecular weight is 406 g/mol. The van der Waals surface area contributed by atoms with Crippen molar-refractivity contribution in [2.24, 2.45) is 0 Å². The smallest absolute Gasteiger partial charge is 0.258 e. The van der Waals surface area contributed by atoms with Gasteiger partial charge in [-0.2, -0.15) is 0 Å². The van der Waals surface area contributed by atoms with E-state index in [9.17, 15) is 0 Å². The molecule has 3 aromatic rings. The molecule has 0 bridgehead atoms. The third-order valence-electron chi connectivity index (χ3n) is 5.21. The third kappa shape index (κ3) is 4.60. The fraction of sp³-hybridized carbons (Fsp3) is 0.318. The highest BCUT2D eigenvalue weighted by atomic mass is 16.5. The van der Waals surface area contributed by atoms with Crippen LogP contribution in [0.2, 0.25) is 0 Å². The van der Waals surface area contributed by atoms with Crippen molar-refractivity contribution in [1.29, 1.82) is 0 Å². The van der Waals surface area contributed by atoms with Crippen molar-refractivity contribution >= 4 is 17.3 Å². The van der Waals surface area contributed by atoms with Crippen molar-refractivity contribution in [2.45, 2.75) is 13.5 Å². The van der Waals surface area contributed by atoms with Gasteiger partial charge in [0.15, 0.2) is 5.82 Å². The Hall–Kier alpha value is -3.39. The number of aromatic nitrogens is 3. The number of benzene rings is 1. The van der Waals surface area contributed by atoms with Gasteiger partial charge in [-0.1, -0.05) is 12.1 Å². The van der Waals surface area contributed by atoms with E-state index in [4.69, 9.17) is 16.2 Å². The number of ether oxygens (including phenoxy) is 1. The maximum atomic E-state index is 5.98. The lowest BCUT2D eigenvalue weighted by Crippen LogP contribution is -2.44. The van der Waals surface area contributed by atoms with Gasteiger partial charge in [0.1, 0.15) is 12.4 Å². The summed E-state index contributed by atoms with van der Waals surface area (Å²) in [5.74, 6) is 1.03. The van der Waals surface area contributed by atoms with Crippen molar-refractivity contribution in [3.8, 4) is 17.1 Å². The van der Waals surface area contributed by atoms with Gasteiger partial charge in [-0.05, 0) is 43.8 Å². The molecule has 0 atom stereocenters. The van der Waals surface area contributed by atoms with Crippen molar-refractivity contribution in [2.75, 3.05) is 49.6 Å². The zero-order valence-corrected chi connectivity index (χ0v) is 17.4. The predicted octanol–water partition coefficient (Wildman–Crippen LogP) is 2.34. The molecule has 8 heteroatoms. The van der Waals surface area contributed by atoms with Crippen LogP contribution in [0.5, 0.6) is 5.88 Å². The second-order valence-electron chi connectivity index (χ2n) is 7.61. The molecule has 0 amide bonds. The molecule has 0 spiro atoms. The molecule has 0 saturated carbocycles. The van der Waals surface area contributed by atoms with Crippen molar-refractivity contribution in [1.82, 2.24) is 19.9 Å². The lowest BCUT2D eigenvalue weighted by Gasteiger charge is -2.34. The van der Waals surface area contributed by atoms with Gasteiger partial charge in [0, 0.05) is 43.1 Å². The summed E-state index contributed by atoms with van der Waals surface area (Å²) in [6.45, 7) is 6.41. The Bertz CT molecular complexity index is 994. The van der Waals surface area contributed by atoms with Gasteiger partial charge in [0.2, 0.25) is 0 Å². The molecule has 0 aliphatic carbocycles. The van der Waals surface area contributed by atoms with E-state index in [-0.39, 0.29) is 12.4 Å². The second kappa shape index (κ2) is 8.54. The molecule has 0 radical (unpaired) electrons. The third-order valence-corrected chi connectivity index (χ3v) is 5.21. The van der Waals surface area contributed by atoms with E-state index in [0.29, 0.717) is 11.7 Å². The summed E-state index contributed by atoms with van der Waals surface area (Å²) >= 11 is 0. The number of hydrogen-bond acceptors (Lipinski definition) is 8. The molecule has 30 heavy (non-hydrogen) atoms.